The van der Waals surface area contributed by atoms with Crippen LogP contribution < -0.4 is 10.6 Å². The number of amides is 4. The Morgan fingerprint density at radius 1 is 1.18 bits per heavy atom. The van der Waals surface area contributed by atoms with E-state index in [1.165, 1.54) is 0 Å². The van der Waals surface area contributed by atoms with Crippen LogP contribution in [-0.2, 0) is 9.59 Å². The third-order valence-electron chi connectivity index (χ3n) is 3.32. The van der Waals surface area contributed by atoms with Crippen molar-refractivity contribution in [3.8, 4) is 0 Å². The van der Waals surface area contributed by atoms with Crippen molar-refractivity contribution >= 4 is 17.8 Å². The Morgan fingerprint density at radius 3 is 2.06 bits per heavy atom. The molecule has 4 amide bonds. The van der Waals surface area contributed by atoms with Crippen LogP contribution in [0.15, 0.2) is 12.2 Å². The van der Waals surface area contributed by atoms with Gasteiger partial charge in [0.2, 0.25) is 11.8 Å². The van der Waals surface area contributed by atoms with E-state index in [9.17, 15) is 14.4 Å². The maximum Gasteiger partial charge on any atom is 0.328 e. The van der Waals surface area contributed by atoms with Crippen molar-refractivity contribution in [2.75, 3.05) is 0 Å². The normalized spacial score (nSPS) is 21.2. The number of allylic oxidation sites excluding steroid dienone is 2. The van der Waals surface area contributed by atoms with Gasteiger partial charge in [-0.25, -0.2) is 4.79 Å². The molecule has 94 valence electrons. The van der Waals surface area contributed by atoms with E-state index in [0.29, 0.717) is 12.8 Å². The molecule has 0 aromatic carbocycles. The van der Waals surface area contributed by atoms with Crippen molar-refractivity contribution in [3.05, 3.63) is 12.2 Å². The average molecular weight is 238 g/mol. The fraction of sp³-hybridized carbons (Fsp3) is 0.583. The Morgan fingerprint density at radius 2 is 1.71 bits per heavy atom. The maximum atomic E-state index is 12.0. The van der Waals surface area contributed by atoms with Crippen LogP contribution in [0.2, 0.25) is 0 Å². The van der Waals surface area contributed by atoms with E-state index in [4.69, 9.17) is 0 Å². The molecule has 1 aliphatic heterocycles. The van der Waals surface area contributed by atoms with Crippen LogP contribution in [0.4, 0.5) is 4.79 Å². The largest absolute Gasteiger partial charge is 0.328 e. The van der Waals surface area contributed by atoms with Crippen molar-refractivity contribution in [3.63, 3.8) is 0 Å². The molecular weight excluding hydrogens is 220 g/mol. The fourth-order valence-corrected chi connectivity index (χ4v) is 2.36. The number of imide groups is 2. The quantitative estimate of drug-likeness (QED) is 0.573. The molecule has 1 heterocycles. The van der Waals surface area contributed by atoms with E-state index in [2.05, 4.69) is 10.6 Å². The van der Waals surface area contributed by atoms with E-state index >= 15 is 0 Å². The second kappa shape index (κ2) is 5.12. The Bertz CT molecular complexity index is 354. The van der Waals surface area contributed by atoms with Crippen LogP contribution in [0.25, 0.3) is 0 Å². The number of hydrogen-bond acceptors (Lipinski definition) is 3. The highest BCUT2D eigenvalue weighted by Crippen LogP contribution is 2.37. The highest BCUT2D eigenvalue weighted by Gasteiger charge is 2.52. The molecule has 17 heavy (non-hydrogen) atoms. The number of carbonyl (C=O) groups is 3. The predicted molar refractivity (Wildman–Crippen MR) is 63.0 cm³/mol. The lowest BCUT2D eigenvalue weighted by molar-refractivity contribution is -0.147. The first-order valence-electron chi connectivity index (χ1n) is 5.82. The first-order valence-corrected chi connectivity index (χ1v) is 5.82. The van der Waals surface area contributed by atoms with E-state index in [0.717, 1.165) is 0 Å². The Hall–Kier alpha value is -1.65. The summed E-state index contributed by atoms with van der Waals surface area (Å²) in [7, 11) is 0. The molecule has 1 rings (SSSR count). The summed E-state index contributed by atoms with van der Waals surface area (Å²) in [6, 6.07) is -0.737. The summed E-state index contributed by atoms with van der Waals surface area (Å²) >= 11 is 0. The molecule has 0 aliphatic carbocycles. The summed E-state index contributed by atoms with van der Waals surface area (Å²) in [5.74, 6) is -1.21. The lowest BCUT2D eigenvalue weighted by Gasteiger charge is -2.37. The molecule has 0 aromatic rings. The fourth-order valence-electron chi connectivity index (χ4n) is 2.36. The SMILES string of the molecule is C/C=C\C(CC)C1(CC)C(=O)NC(=O)NC1=O. The van der Waals surface area contributed by atoms with Gasteiger partial charge < -0.3 is 0 Å². The van der Waals surface area contributed by atoms with Gasteiger partial charge in [-0.05, 0) is 25.7 Å². The molecule has 1 fully saturated rings. The molecule has 0 aromatic heterocycles. The topological polar surface area (TPSA) is 75.3 Å². The molecule has 5 nitrogen and oxygen atoms in total. The molecule has 5 heteroatoms. The molecule has 1 aliphatic rings. The van der Waals surface area contributed by atoms with Crippen LogP contribution >= 0.6 is 0 Å². The molecule has 1 atom stereocenters. The molecule has 0 radical (unpaired) electrons. The molecule has 2 N–H and O–H groups in total. The molecular formula is C12H18N2O3. The summed E-state index contributed by atoms with van der Waals surface area (Å²) in [5, 5.41) is 4.36. The zero-order chi connectivity index (χ0) is 13.1. The molecule has 0 spiro atoms. The Kier molecular flexibility index (Phi) is 4.04. The first kappa shape index (κ1) is 13.4. The van der Waals surface area contributed by atoms with Crippen molar-refractivity contribution in [2.24, 2.45) is 11.3 Å². The van der Waals surface area contributed by atoms with Crippen molar-refractivity contribution < 1.29 is 14.4 Å². The molecule has 1 saturated heterocycles. The number of hydrogen-bond donors (Lipinski definition) is 2. The number of barbiturate groups is 1. The number of rotatable bonds is 4. The van der Waals surface area contributed by atoms with E-state index in [1.807, 2.05) is 26.0 Å². The summed E-state index contributed by atoms with van der Waals surface area (Å²) < 4.78 is 0. The van der Waals surface area contributed by atoms with Gasteiger partial charge in [0.25, 0.3) is 0 Å². The second-order valence-corrected chi connectivity index (χ2v) is 4.10. The summed E-state index contributed by atoms with van der Waals surface area (Å²) in [6.07, 6.45) is 4.69. The standard InChI is InChI=1S/C12H18N2O3/c1-4-7-8(5-2)12(6-3)9(15)13-11(17)14-10(12)16/h4,7-8H,5-6H2,1-3H3,(H2,13,14,15,16,17)/b7-4-. The van der Waals surface area contributed by atoms with Gasteiger partial charge in [0.15, 0.2) is 0 Å². The maximum absolute atomic E-state index is 12.0. The van der Waals surface area contributed by atoms with Crippen LogP contribution in [0.1, 0.15) is 33.6 Å². The smallest absolute Gasteiger partial charge is 0.277 e. The Labute approximate surface area is 101 Å². The van der Waals surface area contributed by atoms with Gasteiger partial charge >= 0.3 is 6.03 Å². The summed E-state index contributed by atoms with van der Waals surface area (Å²) in [4.78, 5) is 35.1. The molecule has 1 unspecified atom stereocenters. The third kappa shape index (κ3) is 2.09. The third-order valence-corrected chi connectivity index (χ3v) is 3.32. The van der Waals surface area contributed by atoms with Crippen LogP contribution in [0, 0.1) is 11.3 Å². The van der Waals surface area contributed by atoms with Crippen molar-refractivity contribution in [2.45, 2.75) is 33.6 Å². The van der Waals surface area contributed by atoms with Crippen LogP contribution in [0.3, 0.4) is 0 Å². The van der Waals surface area contributed by atoms with Crippen LogP contribution in [0.5, 0.6) is 0 Å². The van der Waals surface area contributed by atoms with Crippen molar-refractivity contribution in [1.29, 1.82) is 0 Å². The van der Waals surface area contributed by atoms with Gasteiger partial charge in [-0.1, -0.05) is 26.0 Å². The number of carbonyl (C=O) groups excluding carboxylic acids is 3. The van der Waals surface area contributed by atoms with Gasteiger partial charge in [-0.2, -0.15) is 0 Å². The Balaban J connectivity index is 3.20. The van der Waals surface area contributed by atoms with Gasteiger partial charge in [0.1, 0.15) is 5.41 Å². The molecule has 0 bridgehead atoms. The minimum absolute atomic E-state index is 0.203. The average Bonchev–Trinajstić information content (AvgIpc) is 2.27. The number of nitrogens with one attached hydrogen (secondary N) is 2. The van der Waals surface area contributed by atoms with Gasteiger partial charge in [0, 0.05) is 0 Å². The highest BCUT2D eigenvalue weighted by atomic mass is 16.2. The van der Waals surface area contributed by atoms with Gasteiger partial charge in [-0.15, -0.1) is 0 Å². The minimum atomic E-state index is -1.17. The van der Waals surface area contributed by atoms with E-state index in [1.54, 1.807) is 6.92 Å². The second-order valence-electron chi connectivity index (χ2n) is 4.10. The summed E-state index contributed by atoms with van der Waals surface area (Å²) in [6.45, 7) is 5.54. The summed E-state index contributed by atoms with van der Waals surface area (Å²) in [5.41, 5.74) is -1.17. The minimum Gasteiger partial charge on any atom is -0.277 e. The van der Waals surface area contributed by atoms with E-state index < -0.39 is 23.3 Å². The first-order chi connectivity index (χ1) is 8.02. The van der Waals surface area contributed by atoms with Crippen LogP contribution in [-0.4, -0.2) is 17.8 Å². The lowest BCUT2D eigenvalue weighted by atomic mass is 9.69. The van der Waals surface area contributed by atoms with Gasteiger partial charge in [-0.3, -0.25) is 20.2 Å². The van der Waals surface area contributed by atoms with E-state index in [-0.39, 0.29) is 5.92 Å². The zero-order valence-electron chi connectivity index (χ0n) is 10.4. The predicted octanol–water partition coefficient (Wildman–Crippen LogP) is 1.35. The monoisotopic (exact) mass is 238 g/mol. The lowest BCUT2D eigenvalue weighted by Crippen LogP contribution is -2.64. The number of urea groups is 1. The van der Waals surface area contributed by atoms with Crippen molar-refractivity contribution in [1.82, 2.24) is 10.6 Å². The highest BCUT2D eigenvalue weighted by molar-refractivity contribution is 6.19. The molecule has 0 saturated carbocycles. The zero-order valence-corrected chi connectivity index (χ0v) is 10.4. The van der Waals surface area contributed by atoms with Gasteiger partial charge in [0.05, 0.1) is 0 Å².